The van der Waals surface area contributed by atoms with Crippen LogP contribution in [0.2, 0.25) is 0 Å². The highest BCUT2D eigenvalue weighted by atomic mass is 32.2. The fourth-order valence-electron chi connectivity index (χ4n) is 4.40. The molecule has 4 aromatic rings. The molecule has 1 saturated carbocycles. The van der Waals surface area contributed by atoms with E-state index >= 15 is 0 Å². The molecule has 0 atom stereocenters. The van der Waals surface area contributed by atoms with Crippen LogP contribution in [0.1, 0.15) is 37.3 Å². The Hall–Kier alpha value is -2.80. The van der Waals surface area contributed by atoms with E-state index in [0.717, 1.165) is 64.2 Å². The monoisotopic (exact) mass is 420 g/mol. The number of pyridine rings is 1. The molecule has 7 heteroatoms. The van der Waals surface area contributed by atoms with Crippen LogP contribution in [-0.4, -0.2) is 30.9 Å². The molecule has 6 rings (SSSR count). The molecule has 0 amide bonds. The summed E-state index contributed by atoms with van der Waals surface area (Å²) in [6.07, 6.45) is 5.86. The van der Waals surface area contributed by atoms with Gasteiger partial charge in [0.25, 0.3) is 0 Å². The first-order chi connectivity index (χ1) is 14.6. The van der Waals surface area contributed by atoms with E-state index in [1.54, 1.807) is 6.20 Å². The van der Waals surface area contributed by atoms with Crippen molar-refractivity contribution in [3.8, 4) is 11.1 Å². The number of halogens is 1. The molecule has 1 aliphatic carbocycles. The van der Waals surface area contributed by atoms with E-state index in [1.807, 2.05) is 18.2 Å². The Bertz CT molecular complexity index is 1400. The van der Waals surface area contributed by atoms with Crippen molar-refractivity contribution in [3.05, 3.63) is 54.1 Å². The molecule has 0 bridgehead atoms. The number of nitrogens with one attached hydrogen (secondary N) is 1. The molecule has 1 aliphatic heterocycles. The summed E-state index contributed by atoms with van der Waals surface area (Å²) < 4.78 is 31.6. The van der Waals surface area contributed by atoms with Crippen molar-refractivity contribution in [2.45, 2.75) is 31.6 Å². The van der Waals surface area contributed by atoms with E-state index in [9.17, 15) is 8.60 Å². The summed E-state index contributed by atoms with van der Waals surface area (Å²) in [5.74, 6) is 1.96. The Morgan fingerprint density at radius 1 is 1.07 bits per heavy atom. The topological polar surface area (TPSA) is 71.0 Å². The number of aromatic nitrogens is 3. The molecular weight excluding hydrogens is 399 g/mol. The molecule has 0 radical (unpaired) electrons. The van der Waals surface area contributed by atoms with Gasteiger partial charge in [0.2, 0.25) is 0 Å². The van der Waals surface area contributed by atoms with E-state index in [0.29, 0.717) is 23.2 Å². The molecule has 2 aliphatic rings. The lowest BCUT2D eigenvalue weighted by Crippen LogP contribution is -2.02. The van der Waals surface area contributed by atoms with Gasteiger partial charge < -0.3 is 0 Å². The number of benzene rings is 2. The molecule has 0 spiro atoms. The molecule has 1 N–H and O–H groups in total. The highest BCUT2D eigenvalue weighted by Gasteiger charge is 2.31. The van der Waals surface area contributed by atoms with Crippen LogP contribution in [0.25, 0.3) is 32.8 Å². The Labute approximate surface area is 173 Å². The minimum atomic E-state index is -2.26. The van der Waals surface area contributed by atoms with Gasteiger partial charge in [0.05, 0.1) is 27.1 Å². The van der Waals surface area contributed by atoms with E-state index < -0.39 is 9.73 Å². The summed E-state index contributed by atoms with van der Waals surface area (Å²) in [4.78, 5) is 4.99. The van der Waals surface area contributed by atoms with Crippen LogP contribution in [-0.2, 0) is 9.73 Å². The van der Waals surface area contributed by atoms with Crippen LogP contribution >= 0.6 is 0 Å². The van der Waals surface area contributed by atoms with Crippen LogP contribution in [0.3, 0.4) is 0 Å². The standard InChI is InChI=1S/C23H21FN4OS/c24-17-7-5-14(6-8-17)21-18-11-16-13-25-27-20(16)12-19(18)23(26-22(21)15-3-4-15)28-30(29)9-1-2-10-30/h5-8,11-13,15H,1-4,9-10H2,(H,25,27). The number of nitrogens with zero attached hydrogens (tertiary/aromatic N) is 3. The molecule has 30 heavy (non-hydrogen) atoms. The fourth-order valence-corrected chi connectivity index (χ4v) is 6.55. The van der Waals surface area contributed by atoms with Crippen molar-refractivity contribution < 1.29 is 8.60 Å². The Morgan fingerprint density at radius 3 is 2.57 bits per heavy atom. The average molecular weight is 421 g/mol. The minimum Gasteiger partial charge on any atom is -0.278 e. The van der Waals surface area contributed by atoms with Gasteiger partial charge in [-0.15, -0.1) is 0 Å². The Morgan fingerprint density at radius 2 is 1.83 bits per heavy atom. The second-order valence-corrected chi connectivity index (χ2v) is 10.9. The van der Waals surface area contributed by atoms with Crippen molar-refractivity contribution in [3.63, 3.8) is 0 Å². The smallest absolute Gasteiger partial charge is 0.169 e. The van der Waals surface area contributed by atoms with E-state index in [4.69, 9.17) is 9.35 Å². The van der Waals surface area contributed by atoms with Crippen molar-refractivity contribution in [2.75, 3.05) is 11.5 Å². The Balaban J connectivity index is 1.72. The predicted molar refractivity (Wildman–Crippen MR) is 118 cm³/mol. The highest BCUT2D eigenvalue weighted by molar-refractivity contribution is 7.93. The molecule has 152 valence electrons. The molecule has 0 unspecified atom stereocenters. The number of fused-ring (bicyclic) bond motifs is 2. The van der Waals surface area contributed by atoms with Crippen LogP contribution in [0.4, 0.5) is 10.2 Å². The average Bonchev–Trinajstić information content (AvgIpc) is 3.34. The lowest BCUT2D eigenvalue weighted by molar-refractivity contribution is 0.628. The van der Waals surface area contributed by atoms with Gasteiger partial charge in [0, 0.05) is 33.8 Å². The summed E-state index contributed by atoms with van der Waals surface area (Å²) >= 11 is 0. The second kappa shape index (κ2) is 6.60. The maximum atomic E-state index is 13.6. The van der Waals surface area contributed by atoms with Crippen LogP contribution in [0.5, 0.6) is 0 Å². The van der Waals surface area contributed by atoms with Gasteiger partial charge in [-0.3, -0.25) is 5.10 Å². The normalized spacial score (nSPS) is 18.3. The first kappa shape index (κ1) is 18.0. The van der Waals surface area contributed by atoms with Gasteiger partial charge >= 0.3 is 0 Å². The van der Waals surface area contributed by atoms with Crippen molar-refractivity contribution in [1.82, 2.24) is 15.2 Å². The zero-order chi connectivity index (χ0) is 20.3. The van der Waals surface area contributed by atoms with Crippen molar-refractivity contribution in [2.24, 2.45) is 4.36 Å². The third kappa shape index (κ3) is 2.99. The molecule has 1 saturated heterocycles. The maximum absolute atomic E-state index is 13.6. The van der Waals surface area contributed by atoms with E-state index in [1.165, 1.54) is 12.1 Å². The van der Waals surface area contributed by atoms with Gasteiger partial charge in [0.1, 0.15) is 5.82 Å². The molecule has 2 aromatic heterocycles. The summed E-state index contributed by atoms with van der Waals surface area (Å²) in [6, 6.07) is 10.7. The number of hydrogen-bond donors (Lipinski definition) is 1. The van der Waals surface area contributed by atoms with Crippen molar-refractivity contribution in [1.29, 1.82) is 0 Å². The largest absolute Gasteiger partial charge is 0.278 e. The second-order valence-electron chi connectivity index (χ2n) is 8.31. The van der Waals surface area contributed by atoms with E-state index in [2.05, 4.69) is 16.3 Å². The van der Waals surface area contributed by atoms with Crippen LogP contribution < -0.4 is 0 Å². The molecule has 5 nitrogen and oxygen atoms in total. The SMILES string of the molecule is O=S1(=Nc2nc(C3CC3)c(-c3ccc(F)cc3)c3cc4cn[nH]c4cc23)CCCC1. The fraction of sp³-hybridized carbons (Fsp3) is 0.304. The van der Waals surface area contributed by atoms with E-state index in [-0.39, 0.29) is 5.82 Å². The lowest BCUT2D eigenvalue weighted by Gasteiger charge is -2.15. The predicted octanol–water partition coefficient (Wildman–Crippen LogP) is 5.69. The van der Waals surface area contributed by atoms with Crippen molar-refractivity contribution >= 4 is 37.2 Å². The summed E-state index contributed by atoms with van der Waals surface area (Å²) in [6.45, 7) is 0. The highest BCUT2D eigenvalue weighted by Crippen LogP contribution is 2.48. The van der Waals surface area contributed by atoms with Crippen LogP contribution in [0, 0.1) is 5.82 Å². The number of hydrogen-bond acceptors (Lipinski definition) is 4. The summed E-state index contributed by atoms with van der Waals surface area (Å²) in [5.41, 5.74) is 3.84. The maximum Gasteiger partial charge on any atom is 0.169 e. The van der Waals surface area contributed by atoms with Gasteiger partial charge in [0.15, 0.2) is 5.82 Å². The first-order valence-corrected chi connectivity index (χ1v) is 12.2. The van der Waals surface area contributed by atoms with Gasteiger partial charge in [-0.2, -0.15) is 9.46 Å². The number of H-pyrrole nitrogens is 1. The molecule has 2 fully saturated rings. The summed E-state index contributed by atoms with van der Waals surface area (Å²) in [5, 5.41) is 10.1. The van der Waals surface area contributed by atoms with Gasteiger partial charge in [-0.05, 0) is 60.9 Å². The zero-order valence-corrected chi connectivity index (χ0v) is 17.2. The summed E-state index contributed by atoms with van der Waals surface area (Å²) in [7, 11) is -2.26. The molecule has 2 aromatic carbocycles. The third-order valence-corrected chi connectivity index (χ3v) is 8.46. The van der Waals surface area contributed by atoms with Gasteiger partial charge in [-0.1, -0.05) is 12.1 Å². The zero-order valence-electron chi connectivity index (χ0n) is 16.4. The molecule has 3 heterocycles. The third-order valence-electron chi connectivity index (χ3n) is 6.10. The lowest BCUT2D eigenvalue weighted by atomic mass is 9.94. The number of rotatable bonds is 3. The van der Waals surface area contributed by atoms with Gasteiger partial charge in [-0.25, -0.2) is 13.6 Å². The van der Waals surface area contributed by atoms with Crippen LogP contribution in [0.15, 0.2) is 47.0 Å². The molecular formula is C23H21FN4OS. The Kier molecular flexibility index (Phi) is 3.96. The number of aromatic amines is 1. The first-order valence-electron chi connectivity index (χ1n) is 10.4. The quantitative estimate of drug-likeness (QED) is 0.463. The minimum absolute atomic E-state index is 0.258.